The van der Waals surface area contributed by atoms with E-state index in [-0.39, 0.29) is 90.2 Å². The number of fused-ring (bicyclic) bond motifs is 16. The molecule has 2 fully saturated rings. The smallest absolute Gasteiger partial charge is 0.246 e. The van der Waals surface area contributed by atoms with Crippen LogP contribution >= 0.6 is 0 Å². The van der Waals surface area contributed by atoms with E-state index in [1.165, 1.54) is 36.0 Å². The molecule has 7 heterocycles. The van der Waals surface area contributed by atoms with E-state index in [0.717, 1.165) is 24.0 Å². The molecule has 4 aromatic carbocycles. The molecule has 26 heteroatoms. The van der Waals surface area contributed by atoms with Crippen LogP contribution in [-0.2, 0) is 103 Å². The average molecular weight is 1370 g/mol. The van der Waals surface area contributed by atoms with Crippen LogP contribution in [0.3, 0.4) is 0 Å². The molecule has 0 radical (unpaired) electrons. The zero-order chi connectivity index (χ0) is 70.3. The summed E-state index contributed by atoms with van der Waals surface area (Å²) in [6, 6.07) is 16.8. The second-order valence-electron chi connectivity index (χ2n) is 26.7. The monoisotopic (exact) mass is 1370 g/mol. The highest BCUT2D eigenvalue weighted by Gasteiger charge is 2.49. The Hall–Kier alpha value is -9.27. The predicted octanol–water partition coefficient (Wildman–Crippen LogP) is 3.10. The fraction of sp³-hybridized carbons (Fsp3) is 0.507. The van der Waals surface area contributed by atoms with Crippen molar-refractivity contribution < 1.29 is 71.7 Å². The maximum absolute atomic E-state index is 16.0. The number of carbonyl (C=O) groups excluding carboxylic acids is 10. The summed E-state index contributed by atoms with van der Waals surface area (Å²) in [5, 5.41) is 31.9. The number of hydrogen-bond donors (Lipinski definition) is 8. The number of aliphatic hydroxyl groups excluding tert-OH is 1. The normalized spacial score (nSPS) is 25.8. The molecule has 11 rings (SSSR count). The Morgan fingerprint density at radius 2 is 1.41 bits per heavy atom. The predicted molar refractivity (Wildman–Crippen MR) is 362 cm³/mol. The number of aryl methyl sites for hydroxylation is 1. The van der Waals surface area contributed by atoms with E-state index in [2.05, 4.69) is 37.2 Å². The number of nitrogens with zero attached hydrogens (tertiary/aromatic N) is 4. The molecule has 8 N–H and O–H groups in total. The summed E-state index contributed by atoms with van der Waals surface area (Å²) in [4.78, 5) is 152. The number of rotatable bonds is 5. The standard InChI is InChI=1S/C73H92FN11O14/c1-5-55-66(90)78-56-38-49-12-10-13-50(36-49)41-76-62(88)44-99-60-25-33-84-65(60)69(93)81-64(45(2)86)68(92)80-57(37-47-18-21-53(97-4)22-19-47)71(95)85-32-11-28-73(85,3)72(96)75-29-24-46-14-16-48(17-15-46)42-83(63(89)27-35-98-34-26-61(87)77-55)31-9-7-6-8-30-82-43-51(39-58(70(84)94)79-67(56)91)54-40-52(74)20-23-59(54)82/h10,12-23,36,40,43,45,55-58,60,64-65,86H,5-9,11,24-35,37-39,41-42,44H2,1-4H3,(H,75,96)(H,76,88)(H,77,87)(H,78,90)(H,79,91)(H,80,92)(H,81,93)/t45-,55-,56+,57+,58+,60+,64+,65+,73+/m1/s1. The lowest BCUT2D eigenvalue weighted by Gasteiger charge is -2.37. The van der Waals surface area contributed by atoms with Crippen molar-refractivity contribution in [1.82, 2.24) is 56.5 Å². The van der Waals surface area contributed by atoms with Gasteiger partial charge in [0.1, 0.15) is 60.0 Å². The van der Waals surface area contributed by atoms with Gasteiger partial charge in [-0.05, 0) is 123 Å². The molecule has 99 heavy (non-hydrogen) atoms. The van der Waals surface area contributed by atoms with Gasteiger partial charge in [0.05, 0.1) is 39.0 Å². The Morgan fingerprint density at radius 3 is 2.17 bits per heavy atom. The summed E-state index contributed by atoms with van der Waals surface area (Å²) in [6.07, 6.45) is 2.22. The van der Waals surface area contributed by atoms with Gasteiger partial charge < -0.3 is 75.8 Å². The lowest BCUT2D eigenvalue weighted by Crippen LogP contribution is -2.64. The Labute approximate surface area is 575 Å². The summed E-state index contributed by atoms with van der Waals surface area (Å²) >= 11 is 0. The van der Waals surface area contributed by atoms with E-state index in [4.69, 9.17) is 14.2 Å². The minimum Gasteiger partial charge on any atom is -0.497 e. The molecule has 530 valence electrons. The van der Waals surface area contributed by atoms with Crippen molar-refractivity contribution >= 4 is 70.0 Å². The van der Waals surface area contributed by atoms with Gasteiger partial charge in [0, 0.05) is 88.6 Å². The van der Waals surface area contributed by atoms with Crippen LogP contribution in [0.25, 0.3) is 10.9 Å². The minimum atomic E-state index is -1.81. The van der Waals surface area contributed by atoms with E-state index in [1.54, 1.807) is 79.5 Å². The fourth-order valence-corrected chi connectivity index (χ4v) is 13.9. The SMILES string of the molecule is CC[C@H]1NC(=O)CCOCCC(=O)N2CCCCCCn3cc(c4cc(F)ccc43)C[C@@H]3NC(=O)[C@H](Cc4cccc(c4)CNC(=O)CO[C@H]4CCN(C3=O)[C@@H]4C(=O)N[C@@H]([C@@H](C)O)C(=O)N[C@@H](Cc3ccc(OC)cc3)C(=O)N3CCC[C@@]3(C)C(=O)NCCc3ccc(cc3)C2)NC1=O. The van der Waals surface area contributed by atoms with Crippen molar-refractivity contribution in [2.75, 3.05) is 53.1 Å². The molecule has 25 nitrogen and oxygen atoms in total. The molecular formula is C73H92FN11O14. The van der Waals surface area contributed by atoms with Crippen LogP contribution in [0.1, 0.15) is 118 Å². The van der Waals surface area contributed by atoms with Crippen LogP contribution in [0.15, 0.2) is 97.2 Å². The molecule has 0 saturated carbocycles. The molecule has 0 aliphatic carbocycles. The second kappa shape index (κ2) is 33.5. The summed E-state index contributed by atoms with van der Waals surface area (Å²) < 4.78 is 35.1. The minimum absolute atomic E-state index is 0.0106. The lowest BCUT2D eigenvalue weighted by atomic mass is 9.95. The average Bonchev–Trinajstić information content (AvgIpc) is 1.68. The summed E-state index contributed by atoms with van der Waals surface area (Å²) in [7, 11) is 1.50. The molecular weight excluding hydrogens is 1270 g/mol. The largest absolute Gasteiger partial charge is 0.497 e. The number of nitrogens with one attached hydrogen (secondary N) is 7. The third-order valence-corrected chi connectivity index (χ3v) is 19.5. The highest BCUT2D eigenvalue weighted by molar-refractivity contribution is 5.99. The molecule has 6 aliphatic rings. The van der Waals surface area contributed by atoms with Crippen molar-refractivity contribution in [3.05, 3.63) is 136 Å². The summed E-state index contributed by atoms with van der Waals surface area (Å²) in [5.41, 5.74) is 3.23. The quantitative estimate of drug-likeness (QED) is 0.126. The second-order valence-corrected chi connectivity index (χ2v) is 26.7. The maximum atomic E-state index is 16.0. The molecule has 0 unspecified atom stereocenters. The Morgan fingerprint density at radius 1 is 0.677 bits per heavy atom. The molecule has 0 spiro atoms. The first-order valence-electron chi connectivity index (χ1n) is 34.6. The van der Waals surface area contributed by atoms with Gasteiger partial charge in [-0.25, -0.2) is 4.39 Å². The first kappa shape index (κ1) is 72.5. The lowest BCUT2D eigenvalue weighted by molar-refractivity contribution is -0.148. The van der Waals surface area contributed by atoms with Crippen molar-refractivity contribution in [2.24, 2.45) is 0 Å². The van der Waals surface area contributed by atoms with Crippen molar-refractivity contribution in [2.45, 2.75) is 184 Å². The number of amides is 10. The topological polar surface area (TPSA) is 317 Å². The van der Waals surface area contributed by atoms with Gasteiger partial charge in [0.2, 0.25) is 59.1 Å². The molecule has 9 atom stereocenters. The van der Waals surface area contributed by atoms with Crippen LogP contribution in [0.5, 0.6) is 5.75 Å². The van der Waals surface area contributed by atoms with Gasteiger partial charge in [-0.15, -0.1) is 0 Å². The maximum Gasteiger partial charge on any atom is 0.246 e. The van der Waals surface area contributed by atoms with Gasteiger partial charge in [-0.3, -0.25) is 47.9 Å². The first-order valence-corrected chi connectivity index (χ1v) is 34.6. The van der Waals surface area contributed by atoms with E-state index in [0.29, 0.717) is 90.6 Å². The zero-order valence-corrected chi connectivity index (χ0v) is 56.7. The van der Waals surface area contributed by atoms with Crippen LogP contribution in [0.4, 0.5) is 4.39 Å². The van der Waals surface area contributed by atoms with E-state index >= 15 is 28.4 Å². The molecule has 6 aliphatic heterocycles. The number of halogens is 1. The summed E-state index contributed by atoms with van der Waals surface area (Å²) in [6.45, 7) is 5.32. The molecule has 5 aromatic rings. The van der Waals surface area contributed by atoms with E-state index in [9.17, 15) is 29.1 Å². The summed E-state index contributed by atoms with van der Waals surface area (Å²) in [5.74, 6) is -6.76. The molecule has 10 amide bonds. The van der Waals surface area contributed by atoms with Crippen LogP contribution < -0.4 is 42.0 Å². The van der Waals surface area contributed by atoms with Crippen LogP contribution in [-0.4, -0.2) is 191 Å². The number of aliphatic hydroxyl groups is 1. The first-order chi connectivity index (χ1) is 47.7. The third kappa shape index (κ3) is 18.3. The van der Waals surface area contributed by atoms with Gasteiger partial charge in [-0.1, -0.05) is 80.4 Å². The van der Waals surface area contributed by atoms with Crippen molar-refractivity contribution in [3.8, 4) is 5.75 Å². The Balaban J connectivity index is 1.07. The zero-order valence-electron chi connectivity index (χ0n) is 56.7. The third-order valence-electron chi connectivity index (χ3n) is 19.5. The molecule has 12 bridgehead atoms. The number of aromatic nitrogens is 1. The highest BCUT2D eigenvalue weighted by atomic mass is 19.1. The number of hydrogen-bond acceptors (Lipinski definition) is 14. The number of carbonyl (C=O) groups is 10. The van der Waals surface area contributed by atoms with E-state index < -0.39 is 120 Å². The van der Waals surface area contributed by atoms with E-state index in [1.807, 2.05) is 28.8 Å². The van der Waals surface area contributed by atoms with Crippen molar-refractivity contribution in [3.63, 3.8) is 0 Å². The van der Waals surface area contributed by atoms with Gasteiger partial charge >= 0.3 is 0 Å². The highest BCUT2D eigenvalue weighted by Crippen LogP contribution is 2.32. The van der Waals surface area contributed by atoms with Gasteiger partial charge in [0.25, 0.3) is 0 Å². The van der Waals surface area contributed by atoms with Crippen molar-refractivity contribution in [1.29, 1.82) is 0 Å². The fourth-order valence-electron chi connectivity index (χ4n) is 13.9. The van der Waals surface area contributed by atoms with Crippen LogP contribution in [0, 0.1) is 5.82 Å². The van der Waals surface area contributed by atoms with Crippen LogP contribution in [0.2, 0.25) is 0 Å². The number of methoxy groups -OCH3 is 1. The number of ether oxygens (including phenoxy) is 3. The Kier molecular flexibility index (Phi) is 24.5. The number of benzene rings is 4. The molecule has 1 aromatic heterocycles. The molecule has 2 saturated heterocycles. The Bertz CT molecular complexity index is 3750. The van der Waals surface area contributed by atoms with Gasteiger partial charge in [-0.2, -0.15) is 0 Å². The van der Waals surface area contributed by atoms with Gasteiger partial charge in [0.15, 0.2) is 0 Å².